The first kappa shape index (κ1) is 16.2. The number of piperidine rings is 1. The fourth-order valence-corrected chi connectivity index (χ4v) is 3.13. The third-order valence-corrected chi connectivity index (χ3v) is 4.58. The summed E-state index contributed by atoms with van der Waals surface area (Å²) in [5, 5.41) is 3.58. The maximum absolute atomic E-state index is 12.5. The average molecular weight is 326 g/mol. The summed E-state index contributed by atoms with van der Waals surface area (Å²) in [5.74, 6) is -0.182. The number of halogens is 1. The Kier molecular flexibility index (Phi) is 4.86. The largest absolute Gasteiger partial charge is 0.391 e. The lowest BCUT2D eigenvalue weighted by Gasteiger charge is -2.40. The molecule has 21 heavy (non-hydrogen) atoms. The zero-order valence-corrected chi connectivity index (χ0v) is 13.9. The van der Waals surface area contributed by atoms with Crippen LogP contribution in [0.4, 0.5) is 0 Å². The van der Waals surface area contributed by atoms with Crippen LogP contribution in [-0.4, -0.2) is 41.5 Å². The minimum Gasteiger partial charge on any atom is -0.391 e. The number of hydrogen-bond donors (Lipinski definition) is 2. The molecule has 0 saturated carbocycles. The van der Waals surface area contributed by atoms with Gasteiger partial charge in [0.15, 0.2) is 0 Å². The molecule has 0 aliphatic carbocycles. The molecule has 1 aliphatic heterocycles. The highest BCUT2D eigenvalue weighted by molar-refractivity contribution is 7.80. The van der Waals surface area contributed by atoms with Gasteiger partial charge in [0.05, 0.1) is 10.5 Å². The van der Waals surface area contributed by atoms with E-state index < -0.39 is 5.54 Å². The molecular weight excluding hydrogens is 306 g/mol. The number of likely N-dealkylation sites (tertiary alicyclic amines) is 1. The lowest BCUT2D eigenvalue weighted by molar-refractivity contribution is 0.0890. The number of aryl methyl sites for hydroxylation is 1. The fourth-order valence-electron chi connectivity index (χ4n) is 2.59. The van der Waals surface area contributed by atoms with Crippen LogP contribution in [0.2, 0.25) is 5.02 Å². The molecule has 4 nitrogen and oxygen atoms in total. The Morgan fingerprint density at radius 1 is 1.38 bits per heavy atom. The quantitative estimate of drug-likeness (QED) is 0.836. The third-order valence-electron chi connectivity index (χ3n) is 3.97. The average Bonchev–Trinajstić information content (AvgIpc) is 2.40. The van der Waals surface area contributed by atoms with E-state index in [0.29, 0.717) is 15.6 Å². The van der Waals surface area contributed by atoms with E-state index in [1.165, 1.54) is 0 Å². The molecule has 1 fully saturated rings. The predicted molar refractivity (Wildman–Crippen MR) is 89.9 cm³/mol. The summed E-state index contributed by atoms with van der Waals surface area (Å²) >= 11 is 11.2. The number of nitrogens with zero attached hydrogens (tertiary/aromatic N) is 1. The van der Waals surface area contributed by atoms with Crippen molar-refractivity contribution in [1.82, 2.24) is 10.2 Å². The molecule has 1 heterocycles. The zero-order valence-electron chi connectivity index (χ0n) is 12.3. The van der Waals surface area contributed by atoms with E-state index in [4.69, 9.17) is 29.6 Å². The SMILES string of the molecule is Cc1cc(Cl)cc(C(=O)NC2(C(N)=S)CCN(C)CC2)c1. The van der Waals surface area contributed by atoms with Gasteiger partial charge in [0.25, 0.3) is 5.91 Å². The van der Waals surface area contributed by atoms with E-state index in [-0.39, 0.29) is 5.91 Å². The summed E-state index contributed by atoms with van der Waals surface area (Å²) in [6.45, 7) is 3.61. The molecule has 0 radical (unpaired) electrons. The maximum atomic E-state index is 12.5. The number of nitrogens with two attached hydrogens (primary N) is 1. The first-order chi connectivity index (χ1) is 9.82. The third kappa shape index (κ3) is 3.73. The molecule has 0 unspecified atom stereocenters. The van der Waals surface area contributed by atoms with Crippen LogP contribution in [0.5, 0.6) is 0 Å². The van der Waals surface area contributed by atoms with Crippen molar-refractivity contribution in [3.05, 3.63) is 34.3 Å². The van der Waals surface area contributed by atoms with Crippen molar-refractivity contribution in [1.29, 1.82) is 0 Å². The summed E-state index contributed by atoms with van der Waals surface area (Å²) in [6.07, 6.45) is 1.45. The van der Waals surface area contributed by atoms with Crippen molar-refractivity contribution in [2.75, 3.05) is 20.1 Å². The highest BCUT2D eigenvalue weighted by atomic mass is 35.5. The number of thiocarbonyl (C=S) groups is 1. The zero-order chi connectivity index (χ0) is 15.6. The van der Waals surface area contributed by atoms with Gasteiger partial charge >= 0.3 is 0 Å². The first-order valence-electron chi connectivity index (χ1n) is 6.90. The van der Waals surface area contributed by atoms with Crippen molar-refractivity contribution in [3.8, 4) is 0 Å². The number of benzene rings is 1. The Bertz CT molecular complexity index is 548. The monoisotopic (exact) mass is 325 g/mol. The lowest BCUT2D eigenvalue weighted by Crippen LogP contribution is -2.61. The van der Waals surface area contributed by atoms with Crippen LogP contribution < -0.4 is 11.1 Å². The van der Waals surface area contributed by atoms with Crippen molar-refractivity contribution >= 4 is 34.7 Å². The summed E-state index contributed by atoms with van der Waals surface area (Å²) in [4.78, 5) is 15.1. The number of amides is 1. The summed E-state index contributed by atoms with van der Waals surface area (Å²) in [5.41, 5.74) is 6.79. The van der Waals surface area contributed by atoms with E-state index in [2.05, 4.69) is 10.2 Å². The molecule has 1 aromatic rings. The molecule has 0 spiro atoms. The van der Waals surface area contributed by atoms with Gasteiger partial charge in [-0.2, -0.15) is 0 Å². The van der Waals surface area contributed by atoms with E-state index in [0.717, 1.165) is 31.5 Å². The van der Waals surface area contributed by atoms with Gasteiger partial charge in [-0.25, -0.2) is 0 Å². The normalized spacial score (nSPS) is 18.2. The molecule has 1 aromatic carbocycles. The van der Waals surface area contributed by atoms with E-state index in [1.54, 1.807) is 6.07 Å². The van der Waals surface area contributed by atoms with Crippen LogP contribution in [0.25, 0.3) is 0 Å². The fraction of sp³-hybridized carbons (Fsp3) is 0.467. The van der Waals surface area contributed by atoms with Crippen LogP contribution in [-0.2, 0) is 0 Å². The highest BCUT2D eigenvalue weighted by Crippen LogP contribution is 2.23. The number of nitrogens with one attached hydrogen (secondary N) is 1. The van der Waals surface area contributed by atoms with Crippen molar-refractivity contribution in [2.24, 2.45) is 5.73 Å². The van der Waals surface area contributed by atoms with Crippen molar-refractivity contribution in [2.45, 2.75) is 25.3 Å². The van der Waals surface area contributed by atoms with Crippen molar-refractivity contribution in [3.63, 3.8) is 0 Å². The van der Waals surface area contributed by atoms with Crippen LogP contribution >= 0.6 is 23.8 Å². The highest BCUT2D eigenvalue weighted by Gasteiger charge is 2.38. The minimum absolute atomic E-state index is 0.182. The number of rotatable bonds is 3. The molecule has 0 aromatic heterocycles. The maximum Gasteiger partial charge on any atom is 0.252 e. The van der Waals surface area contributed by atoms with Gasteiger partial charge in [-0.05, 0) is 50.6 Å². The smallest absolute Gasteiger partial charge is 0.252 e. The second kappa shape index (κ2) is 6.30. The molecule has 0 bridgehead atoms. The molecular formula is C15H20ClN3OS. The second-order valence-electron chi connectivity index (χ2n) is 5.72. The van der Waals surface area contributed by atoms with Gasteiger partial charge < -0.3 is 16.0 Å². The van der Waals surface area contributed by atoms with Gasteiger partial charge in [0.1, 0.15) is 0 Å². The molecule has 0 atom stereocenters. The first-order valence-corrected chi connectivity index (χ1v) is 7.69. The molecule has 1 aliphatic rings. The molecule has 114 valence electrons. The Hall–Kier alpha value is -1.17. The summed E-state index contributed by atoms with van der Waals surface area (Å²) in [6, 6.07) is 5.28. The predicted octanol–water partition coefficient (Wildman–Crippen LogP) is 2.13. The lowest BCUT2D eigenvalue weighted by atomic mass is 9.87. The molecule has 1 saturated heterocycles. The van der Waals surface area contributed by atoms with Gasteiger partial charge in [-0.3, -0.25) is 4.79 Å². The Morgan fingerprint density at radius 2 is 2.00 bits per heavy atom. The number of hydrogen-bond acceptors (Lipinski definition) is 3. The Labute approximate surface area is 135 Å². The molecule has 6 heteroatoms. The van der Waals surface area contributed by atoms with Crippen LogP contribution in [0.15, 0.2) is 18.2 Å². The van der Waals surface area contributed by atoms with Crippen LogP contribution in [0, 0.1) is 6.92 Å². The van der Waals surface area contributed by atoms with Crippen LogP contribution in [0.3, 0.4) is 0 Å². The van der Waals surface area contributed by atoms with Crippen LogP contribution in [0.1, 0.15) is 28.8 Å². The Morgan fingerprint density at radius 3 is 2.52 bits per heavy atom. The Balaban J connectivity index is 2.21. The molecule has 2 rings (SSSR count). The summed E-state index contributed by atoms with van der Waals surface area (Å²) in [7, 11) is 2.05. The standard InChI is InChI=1S/C15H20ClN3OS/c1-10-7-11(9-12(16)8-10)13(20)18-15(14(17)21)3-5-19(2)6-4-15/h7-9H,3-6H2,1-2H3,(H2,17,21)(H,18,20). The second-order valence-corrected chi connectivity index (χ2v) is 6.60. The minimum atomic E-state index is -0.602. The number of carbonyl (C=O) groups excluding carboxylic acids is 1. The van der Waals surface area contributed by atoms with E-state index >= 15 is 0 Å². The van der Waals surface area contributed by atoms with E-state index in [9.17, 15) is 4.79 Å². The summed E-state index contributed by atoms with van der Waals surface area (Å²) < 4.78 is 0. The van der Waals surface area contributed by atoms with Crippen molar-refractivity contribution < 1.29 is 4.79 Å². The van der Waals surface area contributed by atoms with Gasteiger partial charge in [0, 0.05) is 23.7 Å². The van der Waals surface area contributed by atoms with Gasteiger partial charge in [-0.15, -0.1) is 0 Å². The number of carbonyl (C=O) groups is 1. The van der Waals surface area contributed by atoms with Gasteiger partial charge in [0.2, 0.25) is 0 Å². The van der Waals surface area contributed by atoms with E-state index in [1.807, 2.05) is 26.1 Å². The topological polar surface area (TPSA) is 58.4 Å². The molecule has 3 N–H and O–H groups in total. The molecule has 1 amide bonds. The van der Waals surface area contributed by atoms with Gasteiger partial charge in [-0.1, -0.05) is 23.8 Å².